The minimum absolute atomic E-state index is 0.353. The van der Waals surface area contributed by atoms with Crippen molar-refractivity contribution >= 4 is 10.0 Å². The van der Waals surface area contributed by atoms with Gasteiger partial charge in [0.25, 0.3) is 0 Å². The molecule has 0 amide bonds. The molecule has 1 saturated carbocycles. The van der Waals surface area contributed by atoms with Crippen molar-refractivity contribution in [3.63, 3.8) is 0 Å². The van der Waals surface area contributed by atoms with Gasteiger partial charge in [0.05, 0.1) is 11.4 Å². The summed E-state index contributed by atoms with van der Waals surface area (Å²) in [6.07, 6.45) is 5.79. The summed E-state index contributed by atoms with van der Waals surface area (Å²) in [7, 11) is -3.43. The minimum atomic E-state index is -3.43. The van der Waals surface area contributed by atoms with Gasteiger partial charge >= 0.3 is 0 Å². The van der Waals surface area contributed by atoms with Crippen LogP contribution in [0.4, 0.5) is 0 Å². The van der Waals surface area contributed by atoms with Gasteiger partial charge < -0.3 is 5.32 Å². The average Bonchev–Trinajstić information content (AvgIpc) is 2.77. The van der Waals surface area contributed by atoms with Crippen molar-refractivity contribution in [3.05, 3.63) is 11.4 Å². The Balaban J connectivity index is 1.60. The molecule has 1 saturated heterocycles. The van der Waals surface area contributed by atoms with Gasteiger partial charge in [-0.3, -0.25) is 5.10 Å². The molecule has 0 aromatic carbocycles. The Labute approximate surface area is 139 Å². The summed E-state index contributed by atoms with van der Waals surface area (Å²) in [4.78, 5) is 0.353. The zero-order valence-electron chi connectivity index (χ0n) is 14.3. The second kappa shape index (κ2) is 6.53. The number of rotatable bonds is 5. The number of sulfonamides is 1. The van der Waals surface area contributed by atoms with E-state index in [9.17, 15) is 8.42 Å². The predicted octanol–water partition coefficient (Wildman–Crippen LogP) is 1.96. The number of nitrogens with one attached hydrogen (secondary N) is 2. The summed E-state index contributed by atoms with van der Waals surface area (Å²) in [6.45, 7) is 6.94. The van der Waals surface area contributed by atoms with E-state index in [1.54, 1.807) is 18.2 Å². The topological polar surface area (TPSA) is 78.1 Å². The Hall–Kier alpha value is -0.920. The maximum Gasteiger partial charge on any atom is 0.246 e. The Morgan fingerprint density at radius 2 is 1.87 bits per heavy atom. The molecule has 0 radical (unpaired) electrons. The molecule has 2 heterocycles. The van der Waals surface area contributed by atoms with Crippen molar-refractivity contribution in [1.29, 1.82) is 0 Å². The molecular weight excluding hydrogens is 312 g/mol. The van der Waals surface area contributed by atoms with Crippen LogP contribution < -0.4 is 5.32 Å². The highest BCUT2D eigenvalue weighted by Crippen LogP contribution is 2.30. The van der Waals surface area contributed by atoms with E-state index in [0.29, 0.717) is 41.5 Å². The lowest BCUT2D eigenvalue weighted by molar-refractivity contribution is 0.201. The van der Waals surface area contributed by atoms with Crippen LogP contribution in [0.1, 0.15) is 50.4 Å². The van der Waals surface area contributed by atoms with Crippen molar-refractivity contribution < 1.29 is 8.42 Å². The van der Waals surface area contributed by atoms with Crippen molar-refractivity contribution in [3.8, 4) is 0 Å². The van der Waals surface area contributed by atoms with E-state index in [2.05, 4.69) is 22.4 Å². The molecule has 1 aromatic heterocycles. The van der Waals surface area contributed by atoms with E-state index < -0.39 is 10.0 Å². The van der Waals surface area contributed by atoms with E-state index >= 15 is 0 Å². The average molecular weight is 340 g/mol. The van der Waals surface area contributed by atoms with E-state index in [4.69, 9.17) is 0 Å². The third kappa shape index (κ3) is 3.32. The highest BCUT2D eigenvalue weighted by atomic mass is 32.2. The number of aromatic amines is 1. The van der Waals surface area contributed by atoms with Gasteiger partial charge in [-0.15, -0.1) is 0 Å². The smallest absolute Gasteiger partial charge is 0.246 e. The van der Waals surface area contributed by atoms with Gasteiger partial charge in [0.2, 0.25) is 10.0 Å². The first-order valence-corrected chi connectivity index (χ1v) is 10.1. The fourth-order valence-electron chi connectivity index (χ4n) is 3.76. The zero-order chi connectivity index (χ0) is 16.6. The van der Waals surface area contributed by atoms with Crippen LogP contribution in [0.2, 0.25) is 0 Å². The van der Waals surface area contributed by atoms with E-state index in [1.807, 2.05) is 0 Å². The first-order valence-electron chi connectivity index (χ1n) is 8.67. The van der Waals surface area contributed by atoms with E-state index in [-0.39, 0.29) is 0 Å². The van der Waals surface area contributed by atoms with Crippen LogP contribution in [-0.2, 0) is 10.0 Å². The molecular formula is C16H28N4O2S. The van der Waals surface area contributed by atoms with Gasteiger partial charge in [0.15, 0.2) is 0 Å². The quantitative estimate of drug-likeness (QED) is 0.859. The summed E-state index contributed by atoms with van der Waals surface area (Å²) in [5.74, 6) is 0.813. The molecule has 23 heavy (non-hydrogen) atoms. The number of hydrogen-bond acceptors (Lipinski definition) is 4. The number of nitrogens with zero attached hydrogens (tertiary/aromatic N) is 2. The summed E-state index contributed by atoms with van der Waals surface area (Å²) in [6, 6.07) is 0.985. The van der Waals surface area contributed by atoms with Gasteiger partial charge in [-0.25, -0.2) is 8.42 Å². The number of aryl methyl sites for hydroxylation is 2. The summed E-state index contributed by atoms with van der Waals surface area (Å²) >= 11 is 0. The summed E-state index contributed by atoms with van der Waals surface area (Å²) < 4.78 is 27.3. The molecule has 130 valence electrons. The zero-order valence-corrected chi connectivity index (χ0v) is 15.1. The van der Waals surface area contributed by atoms with Crippen molar-refractivity contribution in [2.75, 3.05) is 13.1 Å². The number of piperidine rings is 1. The normalized spacial score (nSPS) is 22.9. The monoisotopic (exact) mass is 340 g/mol. The van der Waals surface area contributed by atoms with Crippen molar-refractivity contribution in [1.82, 2.24) is 19.8 Å². The maximum absolute atomic E-state index is 12.8. The highest BCUT2D eigenvalue weighted by Gasteiger charge is 2.34. The Bertz CT molecular complexity index is 624. The largest absolute Gasteiger partial charge is 0.311 e. The Morgan fingerprint density at radius 3 is 2.35 bits per heavy atom. The summed E-state index contributed by atoms with van der Waals surface area (Å²) in [5.41, 5.74) is 1.18. The fourth-order valence-corrected chi connectivity index (χ4v) is 5.56. The van der Waals surface area contributed by atoms with Crippen molar-refractivity contribution in [2.45, 2.75) is 69.9 Å². The fraction of sp³-hybridized carbons (Fsp3) is 0.812. The molecule has 2 fully saturated rings. The lowest BCUT2D eigenvalue weighted by atomic mass is 9.80. The van der Waals surface area contributed by atoms with Gasteiger partial charge in [-0.1, -0.05) is 6.42 Å². The van der Waals surface area contributed by atoms with Crippen LogP contribution >= 0.6 is 0 Å². The SMILES string of the molecule is Cc1n[nH]c(C)c1S(=O)(=O)N1CCC(NC(C)C2CCC2)CC1. The Morgan fingerprint density at radius 1 is 1.22 bits per heavy atom. The predicted molar refractivity (Wildman–Crippen MR) is 89.8 cm³/mol. The van der Waals surface area contributed by atoms with Crippen LogP contribution in [0, 0.1) is 19.8 Å². The molecule has 0 spiro atoms. The van der Waals surface area contributed by atoms with E-state index in [1.165, 1.54) is 19.3 Å². The molecule has 2 N–H and O–H groups in total. The number of aromatic nitrogens is 2. The van der Waals surface area contributed by atoms with Crippen LogP contribution in [-0.4, -0.2) is 48.1 Å². The molecule has 6 nitrogen and oxygen atoms in total. The van der Waals surface area contributed by atoms with Gasteiger partial charge in [-0.2, -0.15) is 9.40 Å². The lowest BCUT2D eigenvalue weighted by Crippen LogP contribution is -2.49. The number of hydrogen-bond donors (Lipinski definition) is 2. The Kier molecular flexibility index (Phi) is 4.80. The first kappa shape index (κ1) is 16.9. The van der Waals surface area contributed by atoms with Crippen molar-refractivity contribution in [2.24, 2.45) is 5.92 Å². The molecule has 0 bridgehead atoms. The van der Waals surface area contributed by atoms with E-state index in [0.717, 1.165) is 18.8 Å². The third-order valence-electron chi connectivity index (χ3n) is 5.47. The summed E-state index contributed by atoms with van der Waals surface area (Å²) in [5, 5.41) is 10.5. The third-order valence-corrected chi connectivity index (χ3v) is 7.63. The molecule has 7 heteroatoms. The van der Waals surface area contributed by atoms with Gasteiger partial charge in [-0.05, 0) is 52.4 Å². The van der Waals surface area contributed by atoms with Crippen LogP contribution in [0.5, 0.6) is 0 Å². The van der Waals surface area contributed by atoms with Crippen LogP contribution in [0.15, 0.2) is 4.90 Å². The van der Waals surface area contributed by atoms with Gasteiger partial charge in [0.1, 0.15) is 4.90 Å². The molecule has 1 unspecified atom stereocenters. The van der Waals surface area contributed by atoms with Gasteiger partial charge in [0, 0.05) is 25.2 Å². The number of H-pyrrole nitrogens is 1. The molecule has 1 atom stereocenters. The highest BCUT2D eigenvalue weighted by molar-refractivity contribution is 7.89. The maximum atomic E-state index is 12.8. The van der Waals surface area contributed by atoms with Crippen LogP contribution in [0.25, 0.3) is 0 Å². The molecule has 3 rings (SSSR count). The molecule has 1 aliphatic carbocycles. The second-order valence-electron chi connectivity index (χ2n) is 7.09. The lowest BCUT2D eigenvalue weighted by Gasteiger charge is -2.37. The van der Waals surface area contributed by atoms with Crippen LogP contribution in [0.3, 0.4) is 0 Å². The molecule has 1 aliphatic heterocycles. The first-order chi connectivity index (χ1) is 10.9. The standard InChI is InChI=1S/C16H28N4O2S/c1-11(14-5-4-6-14)17-15-7-9-20(10-8-15)23(21,22)16-12(2)18-19-13(16)3/h11,14-15,17H,4-10H2,1-3H3,(H,18,19). The minimum Gasteiger partial charge on any atom is -0.311 e. The molecule has 1 aromatic rings. The molecule has 2 aliphatic rings. The second-order valence-corrected chi connectivity index (χ2v) is 8.96.